The molecule has 6 heteroatoms. The van der Waals surface area contributed by atoms with Crippen molar-refractivity contribution in [3.8, 4) is 0 Å². The highest BCUT2D eigenvalue weighted by Crippen LogP contribution is 2.36. The lowest BCUT2D eigenvalue weighted by Crippen LogP contribution is -2.36. The lowest BCUT2D eigenvalue weighted by Gasteiger charge is -2.36. The number of hydrogen-bond donors (Lipinski definition) is 2. The van der Waals surface area contributed by atoms with E-state index in [1.807, 2.05) is 18.2 Å². The SMILES string of the molecule is CN1CCN(c2ccc(/C(N)=N/O)nc2)c2ccccc21. The van der Waals surface area contributed by atoms with Crippen molar-refractivity contribution in [2.75, 3.05) is 29.9 Å². The van der Waals surface area contributed by atoms with Crippen LogP contribution in [0.1, 0.15) is 5.69 Å². The van der Waals surface area contributed by atoms with Crippen molar-refractivity contribution < 1.29 is 5.21 Å². The third-order valence-electron chi connectivity index (χ3n) is 3.67. The van der Waals surface area contributed by atoms with Crippen molar-refractivity contribution in [2.45, 2.75) is 0 Å². The third-order valence-corrected chi connectivity index (χ3v) is 3.67. The molecule has 0 fully saturated rings. The van der Waals surface area contributed by atoms with E-state index < -0.39 is 0 Å². The molecule has 1 aliphatic rings. The number of aromatic nitrogens is 1. The molecule has 0 atom stereocenters. The van der Waals surface area contributed by atoms with Gasteiger partial charge in [-0.1, -0.05) is 17.3 Å². The summed E-state index contributed by atoms with van der Waals surface area (Å²) >= 11 is 0. The number of nitrogens with zero attached hydrogens (tertiary/aromatic N) is 4. The van der Waals surface area contributed by atoms with Gasteiger partial charge in [-0.25, -0.2) is 0 Å². The van der Waals surface area contributed by atoms with E-state index in [9.17, 15) is 0 Å². The van der Waals surface area contributed by atoms with E-state index in [2.05, 4.69) is 39.1 Å². The van der Waals surface area contributed by atoms with E-state index in [1.165, 1.54) is 5.69 Å². The highest BCUT2D eigenvalue weighted by Gasteiger charge is 2.21. The molecular weight excluding hydrogens is 266 g/mol. The molecule has 108 valence electrons. The van der Waals surface area contributed by atoms with Crippen molar-refractivity contribution in [1.82, 2.24) is 4.98 Å². The first-order chi connectivity index (χ1) is 10.2. The number of hydrogen-bond acceptors (Lipinski definition) is 5. The summed E-state index contributed by atoms with van der Waals surface area (Å²) < 4.78 is 0. The normalized spacial score (nSPS) is 15.0. The lowest BCUT2D eigenvalue weighted by atomic mass is 10.1. The second-order valence-electron chi connectivity index (χ2n) is 4.95. The van der Waals surface area contributed by atoms with Gasteiger partial charge < -0.3 is 20.7 Å². The predicted octanol–water partition coefficient (Wildman–Crippen LogP) is 1.76. The topological polar surface area (TPSA) is 78.0 Å². The summed E-state index contributed by atoms with van der Waals surface area (Å²) in [6.07, 6.45) is 1.75. The van der Waals surface area contributed by atoms with E-state index in [-0.39, 0.29) is 5.84 Å². The molecule has 6 nitrogen and oxygen atoms in total. The second kappa shape index (κ2) is 5.32. The summed E-state index contributed by atoms with van der Waals surface area (Å²) in [6.45, 7) is 1.83. The minimum absolute atomic E-state index is 0.0142. The van der Waals surface area contributed by atoms with E-state index in [1.54, 1.807) is 12.3 Å². The average Bonchev–Trinajstić information content (AvgIpc) is 2.55. The quantitative estimate of drug-likeness (QED) is 0.380. The molecule has 0 bridgehead atoms. The fraction of sp³-hybridized carbons (Fsp3) is 0.200. The monoisotopic (exact) mass is 283 g/mol. The first kappa shape index (κ1) is 13.2. The Morgan fingerprint density at radius 1 is 1.19 bits per heavy atom. The Labute approximate surface area is 123 Å². The number of fused-ring (bicyclic) bond motifs is 1. The molecule has 1 aromatic heterocycles. The largest absolute Gasteiger partial charge is 0.409 e. The molecule has 0 unspecified atom stereocenters. The molecule has 1 aliphatic heterocycles. The van der Waals surface area contributed by atoms with E-state index in [0.717, 1.165) is 24.5 Å². The Morgan fingerprint density at radius 2 is 1.95 bits per heavy atom. The lowest BCUT2D eigenvalue weighted by molar-refractivity contribution is 0.318. The summed E-state index contributed by atoms with van der Waals surface area (Å²) in [5.74, 6) is 0.0142. The van der Waals surface area contributed by atoms with Crippen LogP contribution >= 0.6 is 0 Å². The minimum atomic E-state index is 0.0142. The van der Waals surface area contributed by atoms with Gasteiger partial charge in [0.1, 0.15) is 5.69 Å². The van der Waals surface area contributed by atoms with Gasteiger partial charge in [-0.2, -0.15) is 0 Å². The number of likely N-dealkylation sites (N-methyl/N-ethyl adjacent to an activating group) is 1. The molecule has 21 heavy (non-hydrogen) atoms. The number of nitrogens with two attached hydrogens (primary N) is 1. The van der Waals surface area contributed by atoms with Gasteiger partial charge in [-0.3, -0.25) is 4.98 Å². The molecule has 0 saturated carbocycles. The maximum absolute atomic E-state index is 8.67. The fourth-order valence-corrected chi connectivity index (χ4v) is 2.52. The number of benzene rings is 1. The number of rotatable bonds is 2. The van der Waals surface area contributed by atoms with Crippen LogP contribution in [0.15, 0.2) is 47.8 Å². The summed E-state index contributed by atoms with van der Waals surface area (Å²) in [5, 5.41) is 11.6. The van der Waals surface area contributed by atoms with E-state index >= 15 is 0 Å². The van der Waals surface area contributed by atoms with Crippen LogP contribution in [0.3, 0.4) is 0 Å². The van der Waals surface area contributed by atoms with Gasteiger partial charge in [-0.15, -0.1) is 0 Å². The zero-order chi connectivity index (χ0) is 14.8. The molecule has 0 saturated heterocycles. The molecule has 0 radical (unpaired) electrons. The van der Waals surface area contributed by atoms with Crippen LogP contribution < -0.4 is 15.5 Å². The first-order valence-electron chi connectivity index (χ1n) is 6.72. The Bertz CT molecular complexity index is 668. The van der Waals surface area contributed by atoms with Gasteiger partial charge in [0.25, 0.3) is 0 Å². The van der Waals surface area contributed by atoms with Crippen molar-refractivity contribution >= 4 is 22.9 Å². The molecule has 0 amide bonds. The molecule has 2 heterocycles. The number of pyridine rings is 1. The predicted molar refractivity (Wildman–Crippen MR) is 83.5 cm³/mol. The minimum Gasteiger partial charge on any atom is -0.409 e. The van der Waals surface area contributed by atoms with Gasteiger partial charge in [0.2, 0.25) is 0 Å². The van der Waals surface area contributed by atoms with Gasteiger partial charge in [0, 0.05) is 20.1 Å². The zero-order valence-electron chi connectivity index (χ0n) is 11.8. The highest BCUT2D eigenvalue weighted by atomic mass is 16.4. The van der Waals surface area contributed by atoms with Crippen LogP contribution in [0.4, 0.5) is 17.1 Å². The van der Waals surface area contributed by atoms with Crippen molar-refractivity contribution in [3.63, 3.8) is 0 Å². The number of para-hydroxylation sites is 2. The summed E-state index contributed by atoms with van der Waals surface area (Å²) in [4.78, 5) is 8.71. The molecular formula is C15H17N5O. The highest BCUT2D eigenvalue weighted by molar-refractivity contribution is 5.95. The number of anilines is 3. The van der Waals surface area contributed by atoms with Crippen LogP contribution in [0.25, 0.3) is 0 Å². The molecule has 3 rings (SSSR count). The van der Waals surface area contributed by atoms with Gasteiger partial charge >= 0.3 is 0 Å². The van der Waals surface area contributed by atoms with Gasteiger partial charge in [-0.05, 0) is 24.3 Å². The zero-order valence-corrected chi connectivity index (χ0v) is 11.8. The Kier molecular flexibility index (Phi) is 3.35. The summed E-state index contributed by atoms with van der Waals surface area (Å²) in [7, 11) is 2.09. The Morgan fingerprint density at radius 3 is 2.62 bits per heavy atom. The second-order valence-corrected chi connectivity index (χ2v) is 4.95. The van der Waals surface area contributed by atoms with Crippen molar-refractivity contribution in [1.29, 1.82) is 0 Å². The Hall–Kier alpha value is -2.76. The summed E-state index contributed by atoms with van der Waals surface area (Å²) in [6, 6.07) is 12.0. The molecule has 2 aromatic rings. The maximum atomic E-state index is 8.67. The fourth-order valence-electron chi connectivity index (χ4n) is 2.52. The van der Waals surface area contributed by atoms with E-state index in [0.29, 0.717) is 5.69 Å². The standard InChI is InChI=1S/C15H17N5O/c1-19-8-9-20(14-5-3-2-4-13(14)19)11-6-7-12(17-10-11)15(16)18-21/h2-7,10,21H,8-9H2,1H3,(H2,16,18). The van der Waals surface area contributed by atoms with Crippen LogP contribution in [-0.4, -0.2) is 36.2 Å². The molecule has 0 aliphatic carbocycles. The van der Waals surface area contributed by atoms with Gasteiger partial charge in [0.05, 0.1) is 23.3 Å². The Balaban J connectivity index is 1.96. The van der Waals surface area contributed by atoms with Gasteiger partial charge in [0.15, 0.2) is 5.84 Å². The first-order valence-corrected chi connectivity index (χ1v) is 6.72. The van der Waals surface area contributed by atoms with E-state index in [4.69, 9.17) is 10.9 Å². The maximum Gasteiger partial charge on any atom is 0.188 e. The average molecular weight is 283 g/mol. The molecule has 1 aromatic carbocycles. The molecule has 0 spiro atoms. The van der Waals surface area contributed by atoms with Crippen molar-refractivity contribution in [2.24, 2.45) is 10.9 Å². The van der Waals surface area contributed by atoms with Crippen molar-refractivity contribution in [3.05, 3.63) is 48.3 Å². The third kappa shape index (κ3) is 2.35. The number of oxime groups is 1. The summed E-state index contributed by atoms with van der Waals surface area (Å²) in [5.41, 5.74) is 9.34. The van der Waals surface area contributed by atoms with Crippen LogP contribution in [-0.2, 0) is 0 Å². The molecule has 3 N–H and O–H groups in total. The smallest absolute Gasteiger partial charge is 0.188 e. The number of amidine groups is 1. The van der Waals surface area contributed by atoms with Crippen LogP contribution in [0.5, 0.6) is 0 Å². The van der Waals surface area contributed by atoms with Crippen LogP contribution in [0.2, 0.25) is 0 Å². The van der Waals surface area contributed by atoms with Crippen LogP contribution in [0, 0.1) is 0 Å².